The average Bonchev–Trinajstić information content (AvgIpc) is 2.38. The highest BCUT2D eigenvalue weighted by molar-refractivity contribution is 9.10. The lowest BCUT2D eigenvalue weighted by Gasteiger charge is -2.22. The predicted octanol–water partition coefficient (Wildman–Crippen LogP) is 3.53. The van der Waals surface area contributed by atoms with Crippen LogP contribution in [0.15, 0.2) is 47.1 Å². The lowest BCUT2D eigenvalue weighted by molar-refractivity contribution is 0.199. The minimum absolute atomic E-state index is 0.520. The zero-order valence-corrected chi connectivity index (χ0v) is 12.6. The predicted molar refractivity (Wildman–Crippen MR) is 81.1 cm³/mol. The molecule has 2 rings (SSSR count). The number of pyridine rings is 1. The van der Waals surface area contributed by atoms with Gasteiger partial charge in [0.2, 0.25) is 0 Å². The summed E-state index contributed by atoms with van der Waals surface area (Å²) in [6.07, 6.45) is 1.23. The Morgan fingerprint density at radius 2 is 2.11 bits per heavy atom. The number of aliphatic hydroxyl groups excluding tert-OH is 1. The highest BCUT2D eigenvalue weighted by Gasteiger charge is 2.12. The number of aromatic nitrogens is 1. The Morgan fingerprint density at radius 1 is 1.32 bits per heavy atom. The van der Waals surface area contributed by atoms with E-state index in [0.29, 0.717) is 0 Å². The second-order valence-corrected chi connectivity index (χ2v) is 5.49. The van der Waals surface area contributed by atoms with E-state index >= 15 is 0 Å². The second kappa shape index (κ2) is 6.17. The maximum atomic E-state index is 9.79. The van der Waals surface area contributed by atoms with Gasteiger partial charge in [0.05, 0.1) is 6.10 Å². The third-order valence-electron chi connectivity index (χ3n) is 2.94. The Kier molecular flexibility index (Phi) is 4.56. The lowest BCUT2D eigenvalue weighted by atomic mass is 10.1. The third-order valence-corrected chi connectivity index (χ3v) is 3.43. The van der Waals surface area contributed by atoms with Gasteiger partial charge in [0.1, 0.15) is 5.82 Å². The smallest absolute Gasteiger partial charge is 0.134 e. The van der Waals surface area contributed by atoms with Crippen LogP contribution in [0.2, 0.25) is 0 Å². The molecular weight excluding hydrogens is 304 g/mol. The number of hydrogen-bond donors (Lipinski definition) is 1. The van der Waals surface area contributed by atoms with E-state index in [-0.39, 0.29) is 0 Å². The SMILES string of the molecule is CC(O)c1cccnc1N(C)Cc1cccc(Br)c1. The van der Waals surface area contributed by atoms with E-state index in [9.17, 15) is 5.11 Å². The molecule has 0 spiro atoms. The van der Waals surface area contributed by atoms with Gasteiger partial charge in [-0.3, -0.25) is 0 Å². The molecule has 1 aromatic carbocycles. The molecule has 1 N–H and O–H groups in total. The van der Waals surface area contributed by atoms with Crippen LogP contribution in [0, 0.1) is 0 Å². The van der Waals surface area contributed by atoms with Crippen LogP contribution in [0.25, 0.3) is 0 Å². The van der Waals surface area contributed by atoms with Crippen molar-refractivity contribution >= 4 is 21.7 Å². The normalized spacial score (nSPS) is 12.2. The van der Waals surface area contributed by atoms with Crippen LogP contribution in [0.1, 0.15) is 24.2 Å². The molecule has 19 heavy (non-hydrogen) atoms. The Bertz CT molecular complexity index is 557. The van der Waals surface area contributed by atoms with Gasteiger partial charge in [0.15, 0.2) is 0 Å². The third kappa shape index (κ3) is 3.55. The number of benzene rings is 1. The maximum absolute atomic E-state index is 9.79. The molecule has 1 unspecified atom stereocenters. The topological polar surface area (TPSA) is 36.4 Å². The molecular formula is C15H17BrN2O. The van der Waals surface area contributed by atoms with Gasteiger partial charge in [0.25, 0.3) is 0 Å². The standard InChI is InChI=1S/C15H17BrN2O/c1-11(19)14-7-4-8-17-15(14)18(2)10-12-5-3-6-13(16)9-12/h3-9,11,19H,10H2,1-2H3. The quantitative estimate of drug-likeness (QED) is 0.936. The van der Waals surface area contributed by atoms with Gasteiger partial charge in [-0.1, -0.05) is 34.1 Å². The lowest BCUT2D eigenvalue weighted by Crippen LogP contribution is -2.20. The average molecular weight is 321 g/mol. The first-order valence-electron chi connectivity index (χ1n) is 6.16. The van der Waals surface area contributed by atoms with Crippen LogP contribution in [0.4, 0.5) is 5.82 Å². The fourth-order valence-electron chi connectivity index (χ4n) is 2.04. The summed E-state index contributed by atoms with van der Waals surface area (Å²) in [6, 6.07) is 11.9. The Labute approximate surface area is 122 Å². The molecule has 3 nitrogen and oxygen atoms in total. The molecule has 4 heteroatoms. The first kappa shape index (κ1) is 14.0. The number of anilines is 1. The van der Waals surface area contributed by atoms with Crippen molar-refractivity contribution < 1.29 is 5.11 Å². The van der Waals surface area contributed by atoms with Crippen LogP contribution >= 0.6 is 15.9 Å². The molecule has 1 heterocycles. The van der Waals surface area contributed by atoms with Crippen molar-refractivity contribution in [2.75, 3.05) is 11.9 Å². The number of nitrogens with zero attached hydrogens (tertiary/aromatic N) is 2. The van der Waals surface area contributed by atoms with Crippen molar-refractivity contribution in [2.24, 2.45) is 0 Å². The molecule has 0 bridgehead atoms. The fraction of sp³-hybridized carbons (Fsp3) is 0.267. The Balaban J connectivity index is 2.23. The summed E-state index contributed by atoms with van der Waals surface area (Å²) in [6.45, 7) is 2.50. The maximum Gasteiger partial charge on any atom is 0.134 e. The first-order valence-corrected chi connectivity index (χ1v) is 6.96. The molecule has 1 atom stereocenters. The highest BCUT2D eigenvalue weighted by Crippen LogP contribution is 2.24. The van der Waals surface area contributed by atoms with Crippen molar-refractivity contribution in [3.63, 3.8) is 0 Å². The Morgan fingerprint density at radius 3 is 2.79 bits per heavy atom. The van der Waals surface area contributed by atoms with E-state index in [1.165, 1.54) is 5.56 Å². The van der Waals surface area contributed by atoms with Crippen molar-refractivity contribution in [3.8, 4) is 0 Å². The van der Waals surface area contributed by atoms with Gasteiger partial charge in [-0.25, -0.2) is 4.98 Å². The molecule has 2 aromatic rings. The van der Waals surface area contributed by atoms with Gasteiger partial charge < -0.3 is 10.0 Å². The molecule has 1 aromatic heterocycles. The van der Waals surface area contributed by atoms with Gasteiger partial charge in [-0.15, -0.1) is 0 Å². The molecule has 0 saturated heterocycles. The van der Waals surface area contributed by atoms with Gasteiger partial charge in [-0.05, 0) is 30.7 Å². The van der Waals surface area contributed by atoms with Crippen molar-refractivity contribution in [1.29, 1.82) is 0 Å². The molecule has 0 aliphatic carbocycles. The van der Waals surface area contributed by atoms with E-state index in [1.54, 1.807) is 13.1 Å². The van der Waals surface area contributed by atoms with Crippen LogP contribution in [0.5, 0.6) is 0 Å². The Hall–Kier alpha value is -1.39. The van der Waals surface area contributed by atoms with Crippen molar-refractivity contribution in [3.05, 3.63) is 58.2 Å². The van der Waals surface area contributed by atoms with E-state index < -0.39 is 6.10 Å². The molecule has 0 radical (unpaired) electrons. The largest absolute Gasteiger partial charge is 0.389 e. The second-order valence-electron chi connectivity index (χ2n) is 4.58. The first-order chi connectivity index (χ1) is 9.08. The monoisotopic (exact) mass is 320 g/mol. The molecule has 0 aliphatic rings. The molecule has 0 aliphatic heterocycles. The number of hydrogen-bond acceptors (Lipinski definition) is 3. The fourth-order valence-corrected chi connectivity index (χ4v) is 2.49. The van der Waals surface area contributed by atoms with Crippen LogP contribution in [-0.2, 0) is 6.54 Å². The van der Waals surface area contributed by atoms with Crippen molar-refractivity contribution in [2.45, 2.75) is 19.6 Å². The zero-order valence-electron chi connectivity index (χ0n) is 11.0. The van der Waals surface area contributed by atoms with Gasteiger partial charge >= 0.3 is 0 Å². The minimum atomic E-state index is -0.520. The van der Waals surface area contributed by atoms with Crippen LogP contribution in [0.3, 0.4) is 0 Å². The number of aliphatic hydroxyl groups is 1. The van der Waals surface area contributed by atoms with Gasteiger partial charge in [0, 0.05) is 29.8 Å². The summed E-state index contributed by atoms with van der Waals surface area (Å²) in [5.74, 6) is 0.817. The highest BCUT2D eigenvalue weighted by atomic mass is 79.9. The summed E-state index contributed by atoms with van der Waals surface area (Å²) >= 11 is 3.47. The molecule has 0 fully saturated rings. The summed E-state index contributed by atoms with van der Waals surface area (Å²) in [4.78, 5) is 6.42. The van der Waals surface area contributed by atoms with Crippen molar-refractivity contribution in [1.82, 2.24) is 4.98 Å². The summed E-state index contributed by atoms with van der Waals surface area (Å²) in [7, 11) is 1.98. The molecule has 0 saturated carbocycles. The summed E-state index contributed by atoms with van der Waals surface area (Å²) < 4.78 is 1.06. The molecule has 0 amide bonds. The summed E-state index contributed by atoms with van der Waals surface area (Å²) in [5.41, 5.74) is 2.04. The van der Waals surface area contributed by atoms with E-state index in [4.69, 9.17) is 0 Å². The van der Waals surface area contributed by atoms with Crippen LogP contribution in [-0.4, -0.2) is 17.1 Å². The minimum Gasteiger partial charge on any atom is -0.389 e. The van der Waals surface area contributed by atoms with Crippen LogP contribution < -0.4 is 4.90 Å². The van der Waals surface area contributed by atoms with E-state index in [1.807, 2.05) is 36.2 Å². The summed E-state index contributed by atoms with van der Waals surface area (Å²) in [5, 5.41) is 9.79. The van der Waals surface area contributed by atoms with E-state index in [2.05, 4.69) is 33.0 Å². The number of rotatable bonds is 4. The number of halogens is 1. The molecule has 100 valence electrons. The van der Waals surface area contributed by atoms with Gasteiger partial charge in [-0.2, -0.15) is 0 Å². The van der Waals surface area contributed by atoms with E-state index in [0.717, 1.165) is 22.4 Å². The zero-order chi connectivity index (χ0) is 13.8.